The second-order valence-electron chi connectivity index (χ2n) is 10.8. The quantitative estimate of drug-likeness (QED) is 0.212. The van der Waals surface area contributed by atoms with Crippen LogP contribution in [0.2, 0.25) is 0 Å². The van der Waals surface area contributed by atoms with Crippen molar-refractivity contribution in [2.45, 2.75) is 26.1 Å². The molecule has 5 aromatic rings. The molecule has 0 N–H and O–H groups in total. The van der Waals surface area contributed by atoms with Crippen molar-refractivity contribution in [2.24, 2.45) is 0 Å². The molecule has 0 radical (unpaired) electrons. The average molecular weight is 546 g/mol. The molecule has 3 aromatic carbocycles. The van der Waals surface area contributed by atoms with Crippen molar-refractivity contribution in [3.63, 3.8) is 0 Å². The van der Waals surface area contributed by atoms with E-state index < -0.39 is 5.72 Å². The third-order valence-corrected chi connectivity index (χ3v) is 8.04. The van der Waals surface area contributed by atoms with E-state index in [9.17, 15) is 4.79 Å². The summed E-state index contributed by atoms with van der Waals surface area (Å²) in [6, 6.07) is 28.6. The van der Waals surface area contributed by atoms with Gasteiger partial charge in [-0.15, -0.1) is 0 Å². The van der Waals surface area contributed by atoms with Gasteiger partial charge in [0.2, 0.25) is 0 Å². The first-order valence-corrected chi connectivity index (χ1v) is 13.9. The molecule has 3 heterocycles. The van der Waals surface area contributed by atoms with Gasteiger partial charge in [-0.2, -0.15) is 0 Å². The average Bonchev–Trinajstić information content (AvgIpc) is 3.44. The number of hydrogen-bond acceptors (Lipinski definition) is 6. The van der Waals surface area contributed by atoms with Crippen molar-refractivity contribution in [3.05, 3.63) is 114 Å². The SMILES string of the molecule is CCn1c(C)c(C2(N(c3ccc(N(C)C)cc3)c3ccc(N(C)C)cc3)OC(=O)c3cccnc32)c2ccccc21. The number of carbonyl (C=O) groups excluding carboxylic acids is 1. The molecule has 0 saturated carbocycles. The molecule has 1 aliphatic heterocycles. The predicted octanol–water partition coefficient (Wildman–Crippen LogP) is 6.71. The Hall–Kier alpha value is -4.78. The van der Waals surface area contributed by atoms with E-state index >= 15 is 0 Å². The number of nitrogens with zero attached hydrogens (tertiary/aromatic N) is 5. The largest absolute Gasteiger partial charge is 0.424 e. The van der Waals surface area contributed by atoms with E-state index in [2.05, 4.69) is 99.8 Å². The van der Waals surface area contributed by atoms with Crippen LogP contribution < -0.4 is 14.7 Å². The molecule has 0 aliphatic carbocycles. The molecule has 1 aliphatic rings. The maximum absolute atomic E-state index is 13.7. The highest BCUT2D eigenvalue weighted by molar-refractivity contribution is 5.98. The van der Waals surface area contributed by atoms with E-state index in [1.807, 2.05) is 40.3 Å². The van der Waals surface area contributed by atoms with Crippen LogP contribution in [-0.2, 0) is 17.0 Å². The Bertz CT molecular complexity index is 1690. The maximum atomic E-state index is 13.7. The summed E-state index contributed by atoms with van der Waals surface area (Å²) in [6.07, 6.45) is 1.74. The number of esters is 1. The van der Waals surface area contributed by atoms with Gasteiger partial charge >= 0.3 is 5.97 Å². The Balaban J connectivity index is 1.74. The Morgan fingerprint density at radius 1 is 0.780 bits per heavy atom. The van der Waals surface area contributed by atoms with Crippen LogP contribution in [0.1, 0.15) is 34.2 Å². The fourth-order valence-corrected chi connectivity index (χ4v) is 6.09. The minimum absolute atomic E-state index is 0.388. The van der Waals surface area contributed by atoms with E-state index in [1.54, 1.807) is 12.3 Å². The van der Waals surface area contributed by atoms with Crippen LogP contribution in [0, 0.1) is 6.92 Å². The van der Waals surface area contributed by atoms with Gasteiger partial charge < -0.3 is 19.1 Å². The zero-order chi connectivity index (χ0) is 28.9. The maximum Gasteiger partial charge on any atom is 0.342 e. The lowest BCUT2D eigenvalue weighted by Gasteiger charge is -2.41. The Morgan fingerprint density at radius 2 is 1.34 bits per heavy atom. The number of rotatable bonds is 7. The number of aryl methyl sites for hydroxylation is 1. The van der Waals surface area contributed by atoms with Crippen LogP contribution in [-0.4, -0.2) is 43.7 Å². The fraction of sp³-hybridized carbons (Fsp3) is 0.235. The fourth-order valence-electron chi connectivity index (χ4n) is 6.09. The monoisotopic (exact) mass is 545 g/mol. The summed E-state index contributed by atoms with van der Waals surface area (Å²) < 4.78 is 8.95. The van der Waals surface area contributed by atoms with E-state index in [0.717, 1.165) is 51.5 Å². The van der Waals surface area contributed by atoms with Crippen LogP contribution in [0.4, 0.5) is 22.7 Å². The molecule has 0 fully saturated rings. The van der Waals surface area contributed by atoms with Crippen molar-refractivity contribution >= 4 is 39.6 Å². The van der Waals surface area contributed by atoms with Gasteiger partial charge in [-0.1, -0.05) is 18.2 Å². The number of carbonyl (C=O) groups is 1. The normalized spacial score (nSPS) is 16.0. The summed E-state index contributed by atoms with van der Waals surface area (Å²) in [4.78, 5) is 24.9. The van der Waals surface area contributed by atoms with Gasteiger partial charge in [0.05, 0.1) is 11.1 Å². The van der Waals surface area contributed by atoms with Gasteiger partial charge in [0.25, 0.3) is 5.72 Å². The van der Waals surface area contributed by atoms with E-state index in [0.29, 0.717) is 11.3 Å². The van der Waals surface area contributed by atoms with Gasteiger partial charge in [-0.3, -0.25) is 9.88 Å². The minimum atomic E-state index is -1.35. The lowest BCUT2D eigenvalue weighted by Crippen LogP contribution is -2.46. The molecule has 0 amide bonds. The number of fused-ring (bicyclic) bond motifs is 2. The summed E-state index contributed by atoms with van der Waals surface area (Å²) in [5.74, 6) is -0.388. The first-order chi connectivity index (χ1) is 19.8. The van der Waals surface area contributed by atoms with Gasteiger partial charge in [0.15, 0.2) is 0 Å². The summed E-state index contributed by atoms with van der Waals surface area (Å²) in [6.45, 7) is 5.03. The number of cyclic esters (lactones) is 1. The number of benzene rings is 3. The molecule has 6 rings (SSSR count). The molecular formula is C34H35N5O2. The molecule has 7 heteroatoms. The van der Waals surface area contributed by atoms with E-state index in [1.165, 1.54) is 0 Å². The number of pyridine rings is 1. The summed E-state index contributed by atoms with van der Waals surface area (Å²) in [5.41, 5.74) is 6.65. The third-order valence-electron chi connectivity index (χ3n) is 8.04. The smallest absolute Gasteiger partial charge is 0.342 e. The lowest BCUT2D eigenvalue weighted by atomic mass is 9.91. The molecule has 1 unspecified atom stereocenters. The molecule has 208 valence electrons. The van der Waals surface area contributed by atoms with Crippen molar-refractivity contribution in [3.8, 4) is 0 Å². The van der Waals surface area contributed by atoms with Crippen LogP contribution in [0.15, 0.2) is 91.1 Å². The number of anilines is 4. The van der Waals surface area contributed by atoms with E-state index in [4.69, 9.17) is 9.72 Å². The molecular weight excluding hydrogens is 510 g/mol. The van der Waals surface area contributed by atoms with E-state index in [-0.39, 0.29) is 5.97 Å². The summed E-state index contributed by atoms with van der Waals surface area (Å²) >= 11 is 0. The summed E-state index contributed by atoms with van der Waals surface area (Å²) in [7, 11) is 8.10. The molecule has 1 atom stereocenters. The second kappa shape index (κ2) is 10.0. The Morgan fingerprint density at radius 3 is 1.90 bits per heavy atom. The molecule has 0 bridgehead atoms. The predicted molar refractivity (Wildman–Crippen MR) is 166 cm³/mol. The van der Waals surface area contributed by atoms with Crippen LogP contribution in [0.5, 0.6) is 0 Å². The molecule has 0 spiro atoms. The van der Waals surface area contributed by atoms with Crippen molar-refractivity contribution in [1.29, 1.82) is 0 Å². The molecule has 0 saturated heterocycles. The van der Waals surface area contributed by atoms with Crippen molar-refractivity contribution < 1.29 is 9.53 Å². The third kappa shape index (κ3) is 4.03. The summed E-state index contributed by atoms with van der Waals surface area (Å²) in [5, 5.41) is 1.03. The van der Waals surface area contributed by atoms with Gasteiger partial charge in [0, 0.05) is 80.3 Å². The van der Waals surface area contributed by atoms with Crippen LogP contribution in [0.3, 0.4) is 0 Å². The first kappa shape index (κ1) is 26.4. The zero-order valence-corrected chi connectivity index (χ0v) is 24.4. The Kier molecular flexibility index (Phi) is 6.45. The highest BCUT2D eigenvalue weighted by Crippen LogP contribution is 2.52. The molecule has 2 aromatic heterocycles. The second-order valence-corrected chi connectivity index (χ2v) is 10.8. The lowest BCUT2D eigenvalue weighted by molar-refractivity contribution is 0.0125. The van der Waals surface area contributed by atoms with Crippen LogP contribution >= 0.6 is 0 Å². The first-order valence-electron chi connectivity index (χ1n) is 13.9. The van der Waals surface area contributed by atoms with Gasteiger partial charge in [-0.25, -0.2) is 4.79 Å². The highest BCUT2D eigenvalue weighted by atomic mass is 16.6. The van der Waals surface area contributed by atoms with Crippen molar-refractivity contribution in [2.75, 3.05) is 42.9 Å². The Labute approximate surface area is 241 Å². The van der Waals surface area contributed by atoms with Crippen LogP contribution in [0.25, 0.3) is 10.9 Å². The van der Waals surface area contributed by atoms with Gasteiger partial charge in [0.1, 0.15) is 5.69 Å². The number of hydrogen-bond donors (Lipinski definition) is 0. The number of ether oxygens (including phenoxy) is 1. The molecule has 41 heavy (non-hydrogen) atoms. The topological polar surface area (TPSA) is 53.8 Å². The molecule has 7 nitrogen and oxygen atoms in total. The number of para-hydroxylation sites is 1. The number of aromatic nitrogens is 2. The zero-order valence-electron chi connectivity index (χ0n) is 24.4. The highest BCUT2D eigenvalue weighted by Gasteiger charge is 2.56. The minimum Gasteiger partial charge on any atom is -0.424 e. The van der Waals surface area contributed by atoms with Gasteiger partial charge in [-0.05, 0) is 80.6 Å². The van der Waals surface area contributed by atoms with Crippen molar-refractivity contribution in [1.82, 2.24) is 9.55 Å². The standard InChI is InChI=1S/C34H35N5O2/c1-7-38-23(2)31(28-11-8-9-13-30(28)38)34(32-29(33(40)41-34)12-10-22-35-32)39(26-18-14-24(15-19-26)36(3)4)27-20-16-25(17-21-27)37(5)6/h8-22H,7H2,1-6H3.